The topological polar surface area (TPSA) is 55.8 Å². The van der Waals surface area contributed by atoms with Crippen LogP contribution in [0.15, 0.2) is 18.2 Å². The Kier molecular flexibility index (Phi) is 5.16. The lowest BCUT2D eigenvalue weighted by Gasteiger charge is -2.14. The van der Waals surface area contributed by atoms with Gasteiger partial charge in [0.1, 0.15) is 5.75 Å². The molecular formula is C14H20O4. The van der Waals surface area contributed by atoms with E-state index in [0.717, 1.165) is 5.56 Å². The highest BCUT2D eigenvalue weighted by atomic mass is 16.6. The zero-order valence-electron chi connectivity index (χ0n) is 11.3. The van der Waals surface area contributed by atoms with Gasteiger partial charge in [0.2, 0.25) is 0 Å². The lowest BCUT2D eigenvalue weighted by Crippen LogP contribution is -2.19. The summed E-state index contributed by atoms with van der Waals surface area (Å²) in [7, 11) is 0. The number of esters is 1. The predicted octanol–water partition coefficient (Wildman–Crippen LogP) is 2.38. The molecule has 100 valence electrons. The van der Waals surface area contributed by atoms with Gasteiger partial charge in [0.05, 0.1) is 12.2 Å². The minimum Gasteiger partial charge on any atom is -0.482 e. The summed E-state index contributed by atoms with van der Waals surface area (Å²) in [6.45, 7) is 7.01. The highest BCUT2D eigenvalue weighted by molar-refractivity contribution is 5.71. The number of rotatable bonds is 5. The summed E-state index contributed by atoms with van der Waals surface area (Å²) in [6, 6.07) is 5.46. The molecule has 1 N–H and O–H groups in total. The van der Waals surface area contributed by atoms with E-state index in [0.29, 0.717) is 11.3 Å². The first-order valence-corrected chi connectivity index (χ1v) is 6.01. The van der Waals surface area contributed by atoms with Crippen molar-refractivity contribution in [2.75, 3.05) is 6.61 Å². The highest BCUT2D eigenvalue weighted by Crippen LogP contribution is 2.26. The van der Waals surface area contributed by atoms with Gasteiger partial charge >= 0.3 is 5.97 Å². The molecule has 0 fully saturated rings. The minimum absolute atomic E-state index is 0.152. The molecule has 0 radical (unpaired) electrons. The van der Waals surface area contributed by atoms with E-state index in [2.05, 4.69) is 0 Å². The molecule has 1 aromatic carbocycles. The molecule has 1 atom stereocenters. The largest absolute Gasteiger partial charge is 0.482 e. The Morgan fingerprint density at radius 1 is 1.33 bits per heavy atom. The van der Waals surface area contributed by atoms with E-state index >= 15 is 0 Å². The molecule has 0 saturated carbocycles. The van der Waals surface area contributed by atoms with Crippen molar-refractivity contribution in [1.29, 1.82) is 0 Å². The molecule has 0 aliphatic rings. The molecule has 0 bridgehead atoms. The average Bonchev–Trinajstić information content (AvgIpc) is 2.26. The van der Waals surface area contributed by atoms with Crippen LogP contribution in [0.2, 0.25) is 0 Å². The summed E-state index contributed by atoms with van der Waals surface area (Å²) in [5.74, 6) is 0.0958. The van der Waals surface area contributed by atoms with Crippen molar-refractivity contribution >= 4 is 5.97 Å². The summed E-state index contributed by atoms with van der Waals surface area (Å²) < 4.78 is 10.4. The van der Waals surface area contributed by atoms with Crippen LogP contribution < -0.4 is 4.74 Å². The van der Waals surface area contributed by atoms with Gasteiger partial charge in [-0.15, -0.1) is 0 Å². The van der Waals surface area contributed by atoms with Gasteiger partial charge in [-0.05, 0) is 39.8 Å². The summed E-state index contributed by atoms with van der Waals surface area (Å²) in [5, 5.41) is 9.64. The molecule has 0 aliphatic carbocycles. The number of aliphatic hydroxyl groups excluding tert-OH is 1. The van der Waals surface area contributed by atoms with Crippen molar-refractivity contribution in [3.63, 3.8) is 0 Å². The number of hydrogen-bond donors (Lipinski definition) is 1. The van der Waals surface area contributed by atoms with E-state index in [-0.39, 0.29) is 12.7 Å². The van der Waals surface area contributed by atoms with Gasteiger partial charge in [-0.25, -0.2) is 4.79 Å². The number of benzene rings is 1. The van der Waals surface area contributed by atoms with Crippen LogP contribution >= 0.6 is 0 Å². The quantitative estimate of drug-likeness (QED) is 0.817. The number of hydrogen-bond acceptors (Lipinski definition) is 4. The van der Waals surface area contributed by atoms with Crippen molar-refractivity contribution in [3.8, 4) is 5.75 Å². The maximum Gasteiger partial charge on any atom is 0.344 e. The molecule has 0 saturated heterocycles. The zero-order chi connectivity index (χ0) is 13.7. The smallest absolute Gasteiger partial charge is 0.344 e. The molecule has 0 unspecified atom stereocenters. The Balaban J connectivity index is 2.70. The first-order valence-electron chi connectivity index (χ1n) is 6.01. The molecule has 0 aliphatic heterocycles. The number of aliphatic hydroxyl groups is 1. The second-order valence-corrected chi connectivity index (χ2v) is 4.54. The van der Waals surface area contributed by atoms with Crippen molar-refractivity contribution < 1.29 is 19.4 Å². The van der Waals surface area contributed by atoms with Gasteiger partial charge in [-0.3, -0.25) is 0 Å². The van der Waals surface area contributed by atoms with Gasteiger partial charge in [0.25, 0.3) is 0 Å². The SMILES string of the molecule is Cc1ccc(OCC(=O)OC(C)C)c([C@H](C)O)c1. The highest BCUT2D eigenvalue weighted by Gasteiger charge is 2.12. The lowest BCUT2D eigenvalue weighted by atomic mass is 10.1. The summed E-state index contributed by atoms with van der Waals surface area (Å²) in [6.07, 6.45) is -0.795. The summed E-state index contributed by atoms with van der Waals surface area (Å²) in [4.78, 5) is 11.4. The van der Waals surface area contributed by atoms with Crippen LogP contribution in [0.4, 0.5) is 0 Å². The fraction of sp³-hybridized carbons (Fsp3) is 0.500. The number of carbonyl (C=O) groups is 1. The lowest BCUT2D eigenvalue weighted by molar-refractivity contribution is -0.149. The van der Waals surface area contributed by atoms with Crippen molar-refractivity contribution in [2.24, 2.45) is 0 Å². The monoisotopic (exact) mass is 252 g/mol. The fourth-order valence-corrected chi connectivity index (χ4v) is 1.56. The molecule has 0 spiro atoms. The molecular weight excluding hydrogens is 232 g/mol. The van der Waals surface area contributed by atoms with Crippen molar-refractivity contribution in [2.45, 2.75) is 39.9 Å². The Labute approximate surface area is 108 Å². The van der Waals surface area contributed by atoms with E-state index in [1.54, 1.807) is 26.8 Å². The zero-order valence-corrected chi connectivity index (χ0v) is 11.3. The third-order valence-electron chi connectivity index (χ3n) is 2.33. The molecule has 0 aromatic heterocycles. The van der Waals surface area contributed by atoms with Crippen LogP contribution in [-0.2, 0) is 9.53 Å². The minimum atomic E-state index is -0.638. The maximum absolute atomic E-state index is 11.4. The Hall–Kier alpha value is -1.55. The molecule has 4 nitrogen and oxygen atoms in total. The van der Waals surface area contributed by atoms with Crippen LogP contribution in [0.25, 0.3) is 0 Å². The summed E-state index contributed by atoms with van der Waals surface area (Å²) in [5.41, 5.74) is 1.70. The van der Waals surface area contributed by atoms with Gasteiger partial charge in [-0.1, -0.05) is 11.6 Å². The molecule has 1 aromatic rings. The second-order valence-electron chi connectivity index (χ2n) is 4.54. The molecule has 1 rings (SSSR count). The Bertz CT molecular complexity index is 410. The van der Waals surface area contributed by atoms with Crippen LogP contribution in [-0.4, -0.2) is 23.8 Å². The molecule has 4 heteroatoms. The number of ether oxygens (including phenoxy) is 2. The van der Waals surface area contributed by atoms with E-state index in [9.17, 15) is 9.90 Å². The Morgan fingerprint density at radius 2 is 2.00 bits per heavy atom. The fourth-order valence-electron chi connectivity index (χ4n) is 1.56. The van der Waals surface area contributed by atoms with E-state index in [1.165, 1.54) is 0 Å². The average molecular weight is 252 g/mol. The van der Waals surface area contributed by atoms with E-state index in [4.69, 9.17) is 9.47 Å². The molecule has 18 heavy (non-hydrogen) atoms. The normalized spacial score (nSPS) is 12.3. The first-order chi connectivity index (χ1) is 8.40. The second kappa shape index (κ2) is 6.40. The number of carbonyl (C=O) groups excluding carboxylic acids is 1. The third-order valence-corrected chi connectivity index (χ3v) is 2.33. The van der Waals surface area contributed by atoms with Crippen molar-refractivity contribution in [3.05, 3.63) is 29.3 Å². The van der Waals surface area contributed by atoms with E-state index < -0.39 is 12.1 Å². The van der Waals surface area contributed by atoms with E-state index in [1.807, 2.05) is 19.1 Å². The maximum atomic E-state index is 11.4. The van der Waals surface area contributed by atoms with Crippen LogP contribution in [0.1, 0.15) is 38.0 Å². The van der Waals surface area contributed by atoms with Gasteiger partial charge in [0.15, 0.2) is 6.61 Å². The Morgan fingerprint density at radius 3 is 2.56 bits per heavy atom. The molecule has 0 heterocycles. The van der Waals surface area contributed by atoms with Gasteiger partial charge < -0.3 is 14.6 Å². The van der Waals surface area contributed by atoms with Crippen molar-refractivity contribution in [1.82, 2.24) is 0 Å². The van der Waals surface area contributed by atoms with Crippen LogP contribution in [0.5, 0.6) is 5.75 Å². The number of aryl methyl sites for hydroxylation is 1. The van der Waals surface area contributed by atoms with Crippen LogP contribution in [0.3, 0.4) is 0 Å². The molecule has 0 amide bonds. The third kappa shape index (κ3) is 4.37. The predicted molar refractivity (Wildman–Crippen MR) is 68.5 cm³/mol. The standard InChI is InChI=1S/C14H20O4/c1-9(2)18-14(16)8-17-13-6-5-10(3)7-12(13)11(4)15/h5-7,9,11,15H,8H2,1-4H3/t11-/m0/s1. The van der Waals surface area contributed by atoms with Gasteiger partial charge in [-0.2, -0.15) is 0 Å². The van der Waals surface area contributed by atoms with Gasteiger partial charge in [0, 0.05) is 5.56 Å². The first kappa shape index (κ1) is 14.5. The van der Waals surface area contributed by atoms with Crippen LogP contribution in [0, 0.1) is 6.92 Å². The summed E-state index contributed by atoms with van der Waals surface area (Å²) >= 11 is 0.